The van der Waals surface area contributed by atoms with Crippen molar-refractivity contribution in [3.8, 4) is 5.75 Å². The van der Waals surface area contributed by atoms with E-state index < -0.39 is 0 Å². The normalized spacial score (nSPS) is 16.0. The Kier molecular flexibility index (Phi) is 4.07. The van der Waals surface area contributed by atoms with Crippen LogP contribution in [0, 0.1) is 0 Å². The zero-order valence-corrected chi connectivity index (χ0v) is 14.7. The summed E-state index contributed by atoms with van der Waals surface area (Å²) in [5.41, 5.74) is 2.64. The summed E-state index contributed by atoms with van der Waals surface area (Å²) in [6.07, 6.45) is 2.01. The molecule has 0 amide bonds. The second kappa shape index (κ2) is 6.38. The third kappa shape index (κ3) is 2.83. The molecule has 0 saturated heterocycles. The number of rotatable bonds is 3. The van der Waals surface area contributed by atoms with Gasteiger partial charge in [-0.05, 0) is 34.7 Å². The lowest BCUT2D eigenvalue weighted by Gasteiger charge is -2.24. The Bertz CT molecular complexity index is 969. The maximum absolute atomic E-state index is 6.42. The zero-order chi connectivity index (χ0) is 17.4. The van der Waals surface area contributed by atoms with Gasteiger partial charge in [-0.2, -0.15) is 4.68 Å². The molecular weight excluding hydrogens is 361 g/mol. The molecule has 1 aromatic heterocycles. The molecule has 0 radical (unpaired) electrons. The van der Waals surface area contributed by atoms with Gasteiger partial charge in [0.1, 0.15) is 11.8 Å². The lowest BCUT2D eigenvalue weighted by atomic mass is 10.0. The average molecular weight is 374 g/mol. The Morgan fingerprint density at radius 3 is 2.84 bits per heavy atom. The van der Waals surface area contributed by atoms with Crippen LogP contribution in [0.5, 0.6) is 5.75 Å². The number of tetrazole rings is 1. The summed E-state index contributed by atoms with van der Waals surface area (Å²) in [4.78, 5) is 0. The van der Waals surface area contributed by atoms with Gasteiger partial charge in [-0.3, -0.25) is 0 Å². The second-order valence-corrected chi connectivity index (χ2v) is 6.26. The van der Waals surface area contributed by atoms with Crippen molar-refractivity contribution in [3.63, 3.8) is 0 Å². The number of hydrogen-bond acceptors (Lipinski definition) is 5. The molecule has 2 heterocycles. The van der Waals surface area contributed by atoms with Gasteiger partial charge in [-0.1, -0.05) is 52.6 Å². The largest absolute Gasteiger partial charge is 0.497 e. The van der Waals surface area contributed by atoms with Crippen LogP contribution in [-0.4, -0.2) is 27.3 Å². The maximum atomic E-state index is 6.42. The van der Waals surface area contributed by atoms with Crippen LogP contribution in [0.25, 0.3) is 5.70 Å². The number of aromatic nitrogens is 4. The first-order valence-electron chi connectivity index (χ1n) is 7.52. The number of benzene rings is 2. The molecule has 126 valence electrons. The van der Waals surface area contributed by atoms with E-state index in [2.05, 4.69) is 20.8 Å². The van der Waals surface area contributed by atoms with Gasteiger partial charge in [0, 0.05) is 16.8 Å². The molecule has 0 saturated carbocycles. The molecule has 25 heavy (non-hydrogen) atoms. The lowest BCUT2D eigenvalue weighted by molar-refractivity contribution is 0.414. The second-order valence-electron chi connectivity index (χ2n) is 5.47. The summed E-state index contributed by atoms with van der Waals surface area (Å²) >= 11 is 12.6. The highest BCUT2D eigenvalue weighted by Crippen LogP contribution is 2.37. The molecule has 1 aliphatic heterocycles. The van der Waals surface area contributed by atoms with Crippen LogP contribution in [0.3, 0.4) is 0 Å². The predicted octanol–water partition coefficient (Wildman–Crippen LogP) is 4.04. The lowest BCUT2D eigenvalue weighted by Crippen LogP contribution is -2.20. The Hall–Kier alpha value is -2.57. The topological polar surface area (TPSA) is 64.9 Å². The standard InChI is InChI=1S/C17H13Cl2N5O/c1-25-11-5-2-4-10(8-11)14-9-15(24-17(20-14)21-22-23-24)12-6-3-7-13(18)16(12)19/h2-9,15H,1H3,(H,20,21,23). The van der Waals surface area contributed by atoms with Gasteiger partial charge in [-0.25, -0.2) is 0 Å². The molecule has 3 aromatic rings. The molecule has 0 aliphatic carbocycles. The van der Waals surface area contributed by atoms with E-state index in [9.17, 15) is 0 Å². The third-order valence-electron chi connectivity index (χ3n) is 4.01. The van der Waals surface area contributed by atoms with Crippen LogP contribution in [0.4, 0.5) is 5.95 Å². The molecule has 0 fully saturated rings. The van der Waals surface area contributed by atoms with Crippen molar-refractivity contribution in [2.24, 2.45) is 0 Å². The van der Waals surface area contributed by atoms with E-state index in [1.54, 1.807) is 17.9 Å². The third-order valence-corrected chi connectivity index (χ3v) is 4.84. The van der Waals surface area contributed by atoms with Crippen LogP contribution in [0.1, 0.15) is 17.2 Å². The number of nitrogens with one attached hydrogen (secondary N) is 1. The van der Waals surface area contributed by atoms with Gasteiger partial charge in [0.05, 0.1) is 17.2 Å². The molecule has 8 heteroatoms. The fourth-order valence-corrected chi connectivity index (χ4v) is 3.20. The fraction of sp³-hybridized carbons (Fsp3) is 0.118. The number of methoxy groups -OCH3 is 1. The summed E-state index contributed by atoms with van der Waals surface area (Å²) in [6.45, 7) is 0. The van der Waals surface area contributed by atoms with Crippen LogP contribution in [0.15, 0.2) is 48.5 Å². The van der Waals surface area contributed by atoms with Crippen molar-refractivity contribution in [1.82, 2.24) is 20.2 Å². The number of anilines is 1. The van der Waals surface area contributed by atoms with Crippen LogP contribution in [0.2, 0.25) is 10.0 Å². The van der Waals surface area contributed by atoms with Crippen molar-refractivity contribution in [2.75, 3.05) is 12.4 Å². The number of ether oxygens (including phenoxy) is 1. The van der Waals surface area contributed by atoms with E-state index in [0.717, 1.165) is 22.6 Å². The van der Waals surface area contributed by atoms with E-state index >= 15 is 0 Å². The van der Waals surface area contributed by atoms with Crippen LogP contribution in [-0.2, 0) is 0 Å². The number of allylic oxidation sites excluding steroid dienone is 1. The van der Waals surface area contributed by atoms with Gasteiger partial charge >= 0.3 is 0 Å². The smallest absolute Gasteiger partial charge is 0.248 e. The molecular formula is C17H13Cl2N5O. The maximum Gasteiger partial charge on any atom is 0.248 e. The summed E-state index contributed by atoms with van der Waals surface area (Å²) in [6, 6.07) is 13.0. The van der Waals surface area contributed by atoms with Crippen molar-refractivity contribution in [1.29, 1.82) is 0 Å². The number of nitrogens with zero attached hydrogens (tertiary/aromatic N) is 4. The van der Waals surface area contributed by atoms with Crippen molar-refractivity contribution < 1.29 is 4.74 Å². The van der Waals surface area contributed by atoms with Gasteiger partial charge in [0.25, 0.3) is 0 Å². The first-order chi connectivity index (χ1) is 12.2. The van der Waals surface area contributed by atoms with Gasteiger partial charge in [0.15, 0.2) is 0 Å². The predicted molar refractivity (Wildman–Crippen MR) is 97.0 cm³/mol. The molecule has 6 nitrogen and oxygen atoms in total. The van der Waals surface area contributed by atoms with Gasteiger partial charge < -0.3 is 10.1 Å². The number of fused-ring (bicyclic) bond motifs is 1. The SMILES string of the molecule is COc1cccc(C2=CC(c3cccc(Cl)c3Cl)n3nnnc3N2)c1. The first-order valence-corrected chi connectivity index (χ1v) is 8.28. The van der Waals surface area contributed by atoms with E-state index in [0.29, 0.717) is 16.0 Å². The van der Waals surface area contributed by atoms with Crippen LogP contribution >= 0.6 is 23.2 Å². The molecule has 1 aliphatic rings. The molecule has 4 rings (SSSR count). The molecule has 2 aromatic carbocycles. The monoisotopic (exact) mass is 373 g/mol. The minimum absolute atomic E-state index is 0.279. The molecule has 1 atom stereocenters. The van der Waals surface area contributed by atoms with E-state index in [1.807, 2.05) is 42.5 Å². The fourth-order valence-electron chi connectivity index (χ4n) is 2.78. The summed E-state index contributed by atoms with van der Waals surface area (Å²) in [7, 11) is 1.64. The van der Waals surface area contributed by atoms with Crippen molar-refractivity contribution >= 4 is 34.8 Å². The minimum atomic E-state index is -0.279. The Labute approximate surface area is 154 Å². The Morgan fingerprint density at radius 1 is 1.16 bits per heavy atom. The van der Waals surface area contributed by atoms with Crippen molar-refractivity contribution in [3.05, 3.63) is 69.7 Å². The van der Waals surface area contributed by atoms with Gasteiger partial charge in [0.2, 0.25) is 5.95 Å². The minimum Gasteiger partial charge on any atom is -0.497 e. The highest BCUT2D eigenvalue weighted by molar-refractivity contribution is 6.42. The highest BCUT2D eigenvalue weighted by Gasteiger charge is 2.26. The summed E-state index contributed by atoms with van der Waals surface area (Å²) in [5.74, 6) is 1.30. The molecule has 0 bridgehead atoms. The average Bonchev–Trinajstić information content (AvgIpc) is 3.12. The number of hydrogen-bond donors (Lipinski definition) is 1. The molecule has 0 spiro atoms. The molecule has 1 N–H and O–H groups in total. The van der Waals surface area contributed by atoms with Crippen molar-refractivity contribution in [2.45, 2.75) is 6.04 Å². The van der Waals surface area contributed by atoms with E-state index in [4.69, 9.17) is 27.9 Å². The summed E-state index contributed by atoms with van der Waals surface area (Å²) in [5, 5.41) is 16.1. The molecule has 1 unspecified atom stereocenters. The van der Waals surface area contributed by atoms with Crippen LogP contribution < -0.4 is 10.1 Å². The van der Waals surface area contributed by atoms with Gasteiger partial charge in [-0.15, -0.1) is 0 Å². The first kappa shape index (κ1) is 15.9. The number of halogens is 2. The zero-order valence-electron chi connectivity index (χ0n) is 13.1. The Balaban J connectivity index is 1.85. The summed E-state index contributed by atoms with van der Waals surface area (Å²) < 4.78 is 6.98. The highest BCUT2D eigenvalue weighted by atomic mass is 35.5. The Morgan fingerprint density at radius 2 is 2.00 bits per heavy atom. The quantitative estimate of drug-likeness (QED) is 0.750. The van der Waals surface area contributed by atoms with E-state index in [1.165, 1.54) is 0 Å². The van der Waals surface area contributed by atoms with E-state index in [-0.39, 0.29) is 6.04 Å².